The van der Waals surface area contributed by atoms with E-state index in [9.17, 15) is 0 Å². The third kappa shape index (κ3) is 3.11. The maximum atomic E-state index is 5.36. The quantitative estimate of drug-likeness (QED) is 0.653. The van der Waals surface area contributed by atoms with Crippen LogP contribution in [0.15, 0.2) is 17.2 Å². The van der Waals surface area contributed by atoms with Gasteiger partial charge in [0.25, 0.3) is 0 Å². The van der Waals surface area contributed by atoms with Gasteiger partial charge in [-0.15, -0.1) is 0 Å². The monoisotopic (exact) mass is 322 g/mol. The number of H-pyrrole nitrogens is 1. The Morgan fingerprint density at radius 2 is 1.82 bits per heavy atom. The molecule has 0 radical (unpaired) electrons. The van der Waals surface area contributed by atoms with Gasteiger partial charge in [0.05, 0.1) is 27.5 Å². The summed E-state index contributed by atoms with van der Waals surface area (Å²) in [6.45, 7) is 1.98. The minimum Gasteiger partial charge on any atom is -0.496 e. The van der Waals surface area contributed by atoms with Gasteiger partial charge in [0, 0.05) is 18.1 Å². The van der Waals surface area contributed by atoms with Crippen molar-refractivity contribution in [1.29, 1.82) is 0 Å². The Bertz CT molecular complexity index is 736. The summed E-state index contributed by atoms with van der Waals surface area (Å²) >= 11 is 5.16. The lowest BCUT2D eigenvalue weighted by molar-refractivity contribution is 0.349. The van der Waals surface area contributed by atoms with Crippen LogP contribution in [0.1, 0.15) is 18.3 Å². The second-order valence-corrected chi connectivity index (χ2v) is 4.69. The van der Waals surface area contributed by atoms with Gasteiger partial charge in [-0.25, -0.2) is 0 Å². The Morgan fingerprint density at radius 3 is 2.41 bits per heavy atom. The van der Waals surface area contributed by atoms with Crippen LogP contribution in [0.3, 0.4) is 0 Å². The molecule has 1 aromatic heterocycles. The third-order valence-electron chi connectivity index (χ3n) is 3.08. The number of aromatic amines is 1. The van der Waals surface area contributed by atoms with Crippen LogP contribution in [0.2, 0.25) is 0 Å². The molecule has 0 unspecified atom stereocenters. The molecule has 8 heteroatoms. The van der Waals surface area contributed by atoms with Crippen LogP contribution in [0.4, 0.5) is 0 Å². The first-order chi connectivity index (χ1) is 10.6. The molecule has 1 aromatic carbocycles. The number of nitrogens with one attached hydrogen (secondary N) is 1. The standard InChI is InChI=1S/C14H18N4O3S/c1-5-13-16-17-14(22)18(13)15-8-9-6-11(20-3)12(21-4)7-10(9)19-2/h6-8H,5H2,1-4H3,(H,17,22)/b15-8+. The summed E-state index contributed by atoms with van der Waals surface area (Å²) in [6, 6.07) is 3.53. The lowest BCUT2D eigenvalue weighted by atomic mass is 10.2. The largest absolute Gasteiger partial charge is 0.496 e. The first kappa shape index (κ1) is 16.0. The van der Waals surface area contributed by atoms with E-state index in [0.717, 1.165) is 11.4 Å². The number of ether oxygens (including phenoxy) is 3. The van der Waals surface area contributed by atoms with Gasteiger partial charge >= 0.3 is 0 Å². The fraction of sp³-hybridized carbons (Fsp3) is 0.357. The molecule has 1 heterocycles. The van der Waals surface area contributed by atoms with E-state index in [1.54, 1.807) is 44.4 Å². The summed E-state index contributed by atoms with van der Waals surface area (Å²) < 4.78 is 17.9. The van der Waals surface area contributed by atoms with Gasteiger partial charge in [0.1, 0.15) is 5.75 Å². The highest BCUT2D eigenvalue weighted by atomic mass is 32.1. The van der Waals surface area contributed by atoms with Gasteiger partial charge in [0.15, 0.2) is 17.3 Å². The molecule has 1 N–H and O–H groups in total. The lowest BCUT2D eigenvalue weighted by Gasteiger charge is -2.11. The molecule has 118 valence electrons. The highest BCUT2D eigenvalue weighted by molar-refractivity contribution is 7.71. The lowest BCUT2D eigenvalue weighted by Crippen LogP contribution is -2.00. The topological polar surface area (TPSA) is 73.7 Å². The van der Waals surface area contributed by atoms with E-state index in [4.69, 9.17) is 26.4 Å². The first-order valence-electron chi connectivity index (χ1n) is 6.65. The maximum absolute atomic E-state index is 5.36. The highest BCUT2D eigenvalue weighted by Gasteiger charge is 2.11. The first-order valence-corrected chi connectivity index (χ1v) is 7.06. The normalized spacial score (nSPS) is 10.9. The second kappa shape index (κ2) is 7.08. The van der Waals surface area contributed by atoms with Gasteiger partial charge in [-0.3, -0.25) is 5.10 Å². The van der Waals surface area contributed by atoms with Crippen LogP contribution in [-0.4, -0.2) is 42.4 Å². The number of hydrogen-bond donors (Lipinski definition) is 1. The molecule has 2 aromatic rings. The number of methoxy groups -OCH3 is 3. The molecule has 2 rings (SSSR count). The summed E-state index contributed by atoms with van der Waals surface area (Å²) in [5, 5.41) is 11.2. The fourth-order valence-corrected chi connectivity index (χ4v) is 2.14. The molecule has 0 amide bonds. The van der Waals surface area contributed by atoms with E-state index in [2.05, 4.69) is 15.3 Å². The Morgan fingerprint density at radius 1 is 1.18 bits per heavy atom. The average Bonchev–Trinajstić information content (AvgIpc) is 2.91. The molecule has 0 aliphatic heterocycles. The van der Waals surface area contributed by atoms with Gasteiger partial charge in [-0.05, 0) is 18.3 Å². The van der Waals surface area contributed by atoms with Crippen LogP contribution in [0.5, 0.6) is 17.2 Å². The number of nitrogens with zero attached hydrogens (tertiary/aromatic N) is 3. The van der Waals surface area contributed by atoms with Crippen LogP contribution in [0, 0.1) is 4.77 Å². The zero-order valence-corrected chi connectivity index (χ0v) is 13.7. The van der Waals surface area contributed by atoms with Crippen molar-refractivity contribution in [2.75, 3.05) is 21.3 Å². The Hall–Kier alpha value is -2.35. The van der Waals surface area contributed by atoms with Gasteiger partial charge < -0.3 is 14.2 Å². The minimum absolute atomic E-state index is 0.438. The van der Waals surface area contributed by atoms with Crippen molar-refractivity contribution in [3.63, 3.8) is 0 Å². The van der Waals surface area contributed by atoms with E-state index < -0.39 is 0 Å². The molecule has 7 nitrogen and oxygen atoms in total. The Kier molecular flexibility index (Phi) is 5.16. The Balaban J connectivity index is 2.46. The van der Waals surface area contributed by atoms with Crippen LogP contribution >= 0.6 is 12.2 Å². The number of aryl methyl sites for hydroxylation is 1. The van der Waals surface area contributed by atoms with Crippen LogP contribution < -0.4 is 14.2 Å². The summed E-state index contributed by atoms with van der Waals surface area (Å²) in [5.41, 5.74) is 0.741. The molecule has 22 heavy (non-hydrogen) atoms. The summed E-state index contributed by atoms with van der Waals surface area (Å²) in [7, 11) is 4.73. The molecular formula is C14H18N4O3S. The smallest absolute Gasteiger partial charge is 0.216 e. The van der Waals surface area contributed by atoms with Crippen molar-refractivity contribution in [2.24, 2.45) is 5.10 Å². The average molecular weight is 322 g/mol. The summed E-state index contributed by atoms with van der Waals surface area (Å²) in [5.74, 6) is 2.55. The predicted octanol–water partition coefficient (Wildman–Crippen LogP) is 2.41. The van der Waals surface area contributed by atoms with E-state index in [1.165, 1.54) is 0 Å². The number of hydrogen-bond acceptors (Lipinski definition) is 6. The van der Waals surface area contributed by atoms with Crippen molar-refractivity contribution in [3.05, 3.63) is 28.3 Å². The van der Waals surface area contributed by atoms with E-state index in [0.29, 0.717) is 28.4 Å². The molecule has 0 saturated carbocycles. The van der Waals surface area contributed by atoms with Crippen molar-refractivity contribution < 1.29 is 14.2 Å². The minimum atomic E-state index is 0.438. The molecular weight excluding hydrogens is 304 g/mol. The SMILES string of the molecule is CCc1n[nH]c(=S)n1/N=C/c1cc(OC)c(OC)cc1OC. The molecule has 0 atom stereocenters. The third-order valence-corrected chi connectivity index (χ3v) is 3.35. The van der Waals surface area contributed by atoms with Gasteiger partial charge in [0.2, 0.25) is 4.77 Å². The number of benzene rings is 1. The zero-order chi connectivity index (χ0) is 16.1. The van der Waals surface area contributed by atoms with Crippen molar-refractivity contribution >= 4 is 18.4 Å². The highest BCUT2D eigenvalue weighted by Crippen LogP contribution is 2.33. The van der Waals surface area contributed by atoms with Crippen LogP contribution in [-0.2, 0) is 6.42 Å². The predicted molar refractivity (Wildman–Crippen MR) is 85.9 cm³/mol. The summed E-state index contributed by atoms with van der Waals surface area (Å²) in [6.07, 6.45) is 2.36. The van der Waals surface area contributed by atoms with E-state index >= 15 is 0 Å². The number of aromatic nitrogens is 3. The van der Waals surface area contributed by atoms with Crippen LogP contribution in [0.25, 0.3) is 0 Å². The second-order valence-electron chi connectivity index (χ2n) is 4.30. The molecule has 0 aliphatic carbocycles. The fourth-order valence-electron chi connectivity index (χ4n) is 1.95. The maximum Gasteiger partial charge on any atom is 0.216 e. The summed E-state index contributed by atoms with van der Waals surface area (Å²) in [4.78, 5) is 0. The molecule has 0 spiro atoms. The molecule has 0 fully saturated rings. The van der Waals surface area contributed by atoms with E-state index in [-0.39, 0.29) is 0 Å². The Labute approximate surface area is 133 Å². The van der Waals surface area contributed by atoms with Gasteiger partial charge in [-0.2, -0.15) is 14.9 Å². The van der Waals surface area contributed by atoms with Crippen molar-refractivity contribution in [3.8, 4) is 17.2 Å². The molecule has 0 bridgehead atoms. The zero-order valence-electron chi connectivity index (χ0n) is 12.9. The molecule has 0 aliphatic rings. The number of rotatable bonds is 6. The van der Waals surface area contributed by atoms with Crippen molar-refractivity contribution in [2.45, 2.75) is 13.3 Å². The van der Waals surface area contributed by atoms with Crippen molar-refractivity contribution in [1.82, 2.24) is 14.9 Å². The van der Waals surface area contributed by atoms with Gasteiger partial charge in [-0.1, -0.05) is 6.92 Å². The molecule has 0 saturated heterocycles. The van der Waals surface area contributed by atoms with E-state index in [1.807, 2.05) is 6.92 Å².